The van der Waals surface area contributed by atoms with Gasteiger partial charge in [-0.3, -0.25) is 9.67 Å². The molecule has 1 unspecified atom stereocenters. The summed E-state index contributed by atoms with van der Waals surface area (Å²) in [5.41, 5.74) is 1.16. The number of carbonyl (C=O) groups is 1. The molecule has 1 N–H and O–H groups in total. The SMILES string of the molecule is CC(CCn1cccn1)NC(=O)N1CCN(c2ccncc2)CC1. The monoisotopic (exact) mass is 328 g/mol. The maximum absolute atomic E-state index is 12.4. The molecule has 1 atom stereocenters. The second-order valence-electron chi connectivity index (χ2n) is 6.09. The predicted octanol–water partition coefficient (Wildman–Crippen LogP) is 1.59. The Kier molecular flexibility index (Phi) is 5.30. The average molecular weight is 328 g/mol. The van der Waals surface area contributed by atoms with Crippen molar-refractivity contribution >= 4 is 11.7 Å². The first-order valence-electron chi connectivity index (χ1n) is 8.40. The van der Waals surface area contributed by atoms with Crippen molar-refractivity contribution in [3.05, 3.63) is 43.0 Å². The van der Waals surface area contributed by atoms with Gasteiger partial charge in [0.25, 0.3) is 0 Å². The van der Waals surface area contributed by atoms with Crippen LogP contribution in [-0.2, 0) is 6.54 Å². The largest absolute Gasteiger partial charge is 0.368 e. The van der Waals surface area contributed by atoms with Crippen LogP contribution in [0.5, 0.6) is 0 Å². The lowest BCUT2D eigenvalue weighted by Crippen LogP contribution is -2.53. The van der Waals surface area contributed by atoms with Crippen molar-refractivity contribution < 1.29 is 4.79 Å². The lowest BCUT2D eigenvalue weighted by atomic mass is 10.2. The molecule has 7 heteroatoms. The molecule has 0 bridgehead atoms. The number of hydrogen-bond acceptors (Lipinski definition) is 4. The Labute approximate surface area is 142 Å². The lowest BCUT2D eigenvalue weighted by Gasteiger charge is -2.36. The molecule has 128 valence electrons. The van der Waals surface area contributed by atoms with Crippen LogP contribution in [0.2, 0.25) is 0 Å². The predicted molar refractivity (Wildman–Crippen MR) is 92.9 cm³/mol. The highest BCUT2D eigenvalue weighted by atomic mass is 16.2. The molecule has 24 heavy (non-hydrogen) atoms. The van der Waals surface area contributed by atoms with E-state index in [2.05, 4.69) is 20.3 Å². The van der Waals surface area contributed by atoms with Gasteiger partial charge in [-0.1, -0.05) is 0 Å². The summed E-state index contributed by atoms with van der Waals surface area (Å²) in [6.07, 6.45) is 8.17. The molecule has 1 aliphatic heterocycles. The van der Waals surface area contributed by atoms with Gasteiger partial charge in [0.2, 0.25) is 0 Å². The number of nitrogens with one attached hydrogen (secondary N) is 1. The van der Waals surface area contributed by atoms with Crippen molar-refractivity contribution in [2.75, 3.05) is 31.1 Å². The zero-order valence-corrected chi connectivity index (χ0v) is 14.0. The average Bonchev–Trinajstić information content (AvgIpc) is 3.14. The molecule has 1 saturated heterocycles. The number of hydrogen-bond donors (Lipinski definition) is 1. The van der Waals surface area contributed by atoms with Crippen molar-refractivity contribution in [3.8, 4) is 0 Å². The van der Waals surface area contributed by atoms with Gasteiger partial charge in [-0.05, 0) is 31.5 Å². The molecular weight excluding hydrogens is 304 g/mol. The maximum atomic E-state index is 12.4. The van der Waals surface area contributed by atoms with Crippen molar-refractivity contribution in [2.45, 2.75) is 25.9 Å². The Bertz CT molecular complexity index is 622. The molecule has 0 aliphatic carbocycles. The fourth-order valence-electron chi connectivity index (χ4n) is 2.86. The quantitative estimate of drug-likeness (QED) is 0.905. The van der Waals surface area contributed by atoms with E-state index in [4.69, 9.17) is 0 Å². The van der Waals surface area contributed by atoms with Crippen LogP contribution in [0.4, 0.5) is 10.5 Å². The first-order chi connectivity index (χ1) is 11.7. The molecule has 2 amide bonds. The third kappa shape index (κ3) is 4.24. The zero-order chi connectivity index (χ0) is 16.8. The molecule has 0 radical (unpaired) electrons. The van der Waals surface area contributed by atoms with Gasteiger partial charge in [0.15, 0.2) is 0 Å². The molecule has 0 aromatic carbocycles. The maximum Gasteiger partial charge on any atom is 0.317 e. The van der Waals surface area contributed by atoms with Crippen LogP contribution in [0.3, 0.4) is 0 Å². The Morgan fingerprint density at radius 3 is 2.62 bits per heavy atom. The van der Waals surface area contributed by atoms with Crippen LogP contribution in [0.15, 0.2) is 43.0 Å². The third-order valence-electron chi connectivity index (χ3n) is 4.32. The fraction of sp³-hybridized carbons (Fsp3) is 0.471. The second kappa shape index (κ2) is 7.81. The van der Waals surface area contributed by atoms with Gasteiger partial charge in [-0.25, -0.2) is 4.79 Å². The molecular formula is C17H24N6O. The summed E-state index contributed by atoms with van der Waals surface area (Å²) in [5.74, 6) is 0. The van der Waals surface area contributed by atoms with Crippen LogP contribution in [0, 0.1) is 0 Å². The van der Waals surface area contributed by atoms with Crippen LogP contribution < -0.4 is 10.2 Å². The van der Waals surface area contributed by atoms with Gasteiger partial charge in [-0.2, -0.15) is 5.10 Å². The fourth-order valence-corrected chi connectivity index (χ4v) is 2.86. The number of aromatic nitrogens is 3. The zero-order valence-electron chi connectivity index (χ0n) is 14.0. The molecule has 0 spiro atoms. The number of piperazine rings is 1. The standard InChI is InChI=1S/C17H24N6O/c1-15(5-10-23-9-2-6-19-23)20-17(24)22-13-11-21(12-14-22)16-3-7-18-8-4-16/h2-4,6-9,15H,5,10-14H2,1H3,(H,20,24). The van der Waals surface area contributed by atoms with E-state index in [-0.39, 0.29) is 12.1 Å². The van der Waals surface area contributed by atoms with E-state index >= 15 is 0 Å². The number of amides is 2. The van der Waals surface area contributed by atoms with Gasteiger partial charge in [-0.15, -0.1) is 0 Å². The minimum absolute atomic E-state index is 0.0253. The molecule has 2 aromatic heterocycles. The third-order valence-corrected chi connectivity index (χ3v) is 4.32. The lowest BCUT2D eigenvalue weighted by molar-refractivity contribution is 0.190. The first kappa shape index (κ1) is 16.3. The van der Waals surface area contributed by atoms with Crippen molar-refractivity contribution in [3.63, 3.8) is 0 Å². The summed E-state index contributed by atoms with van der Waals surface area (Å²) in [6, 6.07) is 6.07. The summed E-state index contributed by atoms with van der Waals surface area (Å²) >= 11 is 0. The smallest absolute Gasteiger partial charge is 0.317 e. The first-order valence-corrected chi connectivity index (χ1v) is 8.40. The van der Waals surface area contributed by atoms with E-state index < -0.39 is 0 Å². The second-order valence-corrected chi connectivity index (χ2v) is 6.09. The van der Waals surface area contributed by atoms with Crippen molar-refractivity contribution in [1.82, 2.24) is 25.0 Å². The highest BCUT2D eigenvalue weighted by molar-refractivity contribution is 5.74. The van der Waals surface area contributed by atoms with Crippen molar-refractivity contribution in [1.29, 1.82) is 0 Å². The number of nitrogens with zero attached hydrogens (tertiary/aromatic N) is 5. The number of anilines is 1. The Balaban J connectivity index is 1.41. The summed E-state index contributed by atoms with van der Waals surface area (Å²) in [4.78, 5) is 20.6. The normalized spacial score (nSPS) is 16.0. The molecule has 3 rings (SSSR count). The number of aryl methyl sites for hydroxylation is 1. The number of urea groups is 1. The van der Waals surface area contributed by atoms with Gasteiger partial charge in [0, 0.05) is 69.2 Å². The van der Waals surface area contributed by atoms with Crippen LogP contribution >= 0.6 is 0 Å². The van der Waals surface area contributed by atoms with Crippen LogP contribution in [-0.4, -0.2) is 57.9 Å². The molecule has 0 saturated carbocycles. The van der Waals surface area contributed by atoms with E-state index in [0.29, 0.717) is 0 Å². The van der Waals surface area contributed by atoms with Crippen LogP contribution in [0.1, 0.15) is 13.3 Å². The van der Waals surface area contributed by atoms with E-state index in [0.717, 1.165) is 44.8 Å². The Morgan fingerprint density at radius 2 is 1.96 bits per heavy atom. The Morgan fingerprint density at radius 1 is 1.21 bits per heavy atom. The highest BCUT2D eigenvalue weighted by Crippen LogP contribution is 2.14. The van der Waals surface area contributed by atoms with E-state index in [1.165, 1.54) is 0 Å². The van der Waals surface area contributed by atoms with Gasteiger partial charge in [0.1, 0.15) is 0 Å². The van der Waals surface area contributed by atoms with Crippen LogP contribution in [0.25, 0.3) is 0 Å². The summed E-state index contributed by atoms with van der Waals surface area (Å²) in [6.45, 7) is 6.01. The van der Waals surface area contributed by atoms with Gasteiger partial charge < -0.3 is 15.1 Å². The topological polar surface area (TPSA) is 66.3 Å². The number of pyridine rings is 1. The van der Waals surface area contributed by atoms with E-state index in [9.17, 15) is 4.79 Å². The summed E-state index contributed by atoms with van der Waals surface area (Å²) in [7, 11) is 0. The van der Waals surface area contributed by atoms with Crippen molar-refractivity contribution in [2.24, 2.45) is 0 Å². The van der Waals surface area contributed by atoms with E-state index in [1.807, 2.05) is 40.9 Å². The Hall–Kier alpha value is -2.57. The minimum Gasteiger partial charge on any atom is -0.368 e. The molecule has 1 fully saturated rings. The molecule has 7 nitrogen and oxygen atoms in total. The molecule has 1 aliphatic rings. The molecule has 3 heterocycles. The summed E-state index contributed by atoms with van der Waals surface area (Å²) < 4.78 is 1.89. The number of rotatable bonds is 5. The van der Waals surface area contributed by atoms with Gasteiger partial charge >= 0.3 is 6.03 Å². The number of carbonyl (C=O) groups excluding carboxylic acids is 1. The van der Waals surface area contributed by atoms with Gasteiger partial charge in [0.05, 0.1) is 0 Å². The summed E-state index contributed by atoms with van der Waals surface area (Å²) in [5, 5.41) is 7.26. The molecule has 2 aromatic rings. The minimum atomic E-state index is 0.0253. The van der Waals surface area contributed by atoms with E-state index in [1.54, 1.807) is 18.6 Å². The highest BCUT2D eigenvalue weighted by Gasteiger charge is 2.22.